The van der Waals surface area contributed by atoms with E-state index in [0.29, 0.717) is 19.0 Å². The quantitative estimate of drug-likeness (QED) is 0.236. The Labute approximate surface area is 209 Å². The zero-order valence-electron chi connectivity index (χ0n) is 20.7. The van der Waals surface area contributed by atoms with Crippen LogP contribution in [0.1, 0.15) is 43.7 Å². The van der Waals surface area contributed by atoms with Crippen LogP contribution in [0.3, 0.4) is 0 Å². The Morgan fingerprint density at radius 3 is 1.91 bits per heavy atom. The first kappa shape index (κ1) is 24.7. The highest BCUT2D eigenvalue weighted by molar-refractivity contribution is 7.66. The van der Waals surface area contributed by atoms with Crippen LogP contribution in [0.25, 0.3) is 0 Å². The Balaban J connectivity index is 1.59. The molecule has 0 radical (unpaired) electrons. The third kappa shape index (κ3) is 6.18. The number of ether oxygens (including phenoxy) is 2. The van der Waals surface area contributed by atoms with Gasteiger partial charge >= 0.3 is 0 Å². The van der Waals surface area contributed by atoms with Crippen LogP contribution in [0.2, 0.25) is 0 Å². The van der Waals surface area contributed by atoms with Gasteiger partial charge in [0.25, 0.3) is 0 Å². The maximum absolute atomic E-state index is 13.5. The molecule has 0 fully saturated rings. The molecule has 1 unspecified atom stereocenters. The van der Waals surface area contributed by atoms with E-state index in [1.54, 1.807) is 0 Å². The van der Waals surface area contributed by atoms with Crippen LogP contribution in [0, 0.1) is 27.7 Å². The molecule has 0 heterocycles. The molecular formula is C31H31O3P. The predicted octanol–water partition coefficient (Wildman–Crippen LogP) is 7.22. The molecule has 0 aliphatic heterocycles. The molecule has 0 bridgehead atoms. The predicted molar refractivity (Wildman–Crippen MR) is 146 cm³/mol. The number of carbonyl (C=O) groups excluding carboxylic acids is 1. The van der Waals surface area contributed by atoms with Gasteiger partial charge in [0.15, 0.2) is 5.52 Å². The Morgan fingerprint density at radius 2 is 1.29 bits per heavy atom. The van der Waals surface area contributed by atoms with E-state index in [1.807, 2.05) is 92.7 Å². The standard InChI is InChI=1S/C31H31O3P/c1-21-17-22(2)30(24(4)23(21)3)31(32)35-29-16-15-27(33-19-25-11-7-5-8-12-25)18-28(29)34-20-26-13-9-6-10-14-26/h5-18,35H,19-20H2,1-4H3. The first-order valence-electron chi connectivity index (χ1n) is 11.8. The SMILES string of the molecule is Cc1cc(C)c(C(=O)Pc2ccc(OCc3ccccc3)cc2OCc2ccccc2)c(C)c1C. The molecule has 0 aliphatic rings. The first-order chi connectivity index (χ1) is 16.9. The van der Waals surface area contributed by atoms with Gasteiger partial charge in [-0.2, -0.15) is 0 Å². The lowest BCUT2D eigenvalue weighted by atomic mass is 9.95. The van der Waals surface area contributed by atoms with Gasteiger partial charge in [0.1, 0.15) is 24.7 Å². The maximum atomic E-state index is 13.5. The minimum atomic E-state index is -0.0402. The van der Waals surface area contributed by atoms with Crippen LogP contribution >= 0.6 is 8.58 Å². The van der Waals surface area contributed by atoms with Gasteiger partial charge in [-0.25, -0.2) is 0 Å². The van der Waals surface area contributed by atoms with Crippen molar-refractivity contribution in [1.82, 2.24) is 0 Å². The Hall–Kier alpha value is -3.42. The lowest BCUT2D eigenvalue weighted by Crippen LogP contribution is -2.10. The minimum absolute atomic E-state index is 0.0402. The Kier molecular flexibility index (Phi) is 8.00. The normalized spacial score (nSPS) is 11.1. The van der Waals surface area contributed by atoms with Crippen LogP contribution in [0.15, 0.2) is 84.9 Å². The lowest BCUT2D eigenvalue weighted by Gasteiger charge is -2.17. The highest BCUT2D eigenvalue weighted by Gasteiger charge is 2.18. The summed E-state index contributed by atoms with van der Waals surface area (Å²) in [7, 11) is -0.0402. The van der Waals surface area contributed by atoms with Crippen LogP contribution in [0.5, 0.6) is 11.5 Å². The average Bonchev–Trinajstić information content (AvgIpc) is 2.87. The summed E-state index contributed by atoms with van der Waals surface area (Å²) in [4.78, 5) is 13.5. The second-order valence-electron chi connectivity index (χ2n) is 8.80. The summed E-state index contributed by atoms with van der Waals surface area (Å²) in [6.45, 7) is 9.13. The van der Waals surface area contributed by atoms with E-state index in [0.717, 1.165) is 38.9 Å². The maximum Gasteiger partial charge on any atom is 0.186 e. The van der Waals surface area contributed by atoms with Crippen molar-refractivity contribution in [3.05, 3.63) is 124 Å². The number of aryl methyl sites for hydroxylation is 2. The topological polar surface area (TPSA) is 35.5 Å². The van der Waals surface area contributed by atoms with Crippen molar-refractivity contribution in [2.45, 2.75) is 40.9 Å². The molecule has 35 heavy (non-hydrogen) atoms. The zero-order chi connectivity index (χ0) is 24.8. The second-order valence-corrected chi connectivity index (χ2v) is 10.0. The number of hydrogen-bond donors (Lipinski definition) is 0. The summed E-state index contributed by atoms with van der Waals surface area (Å²) >= 11 is 0. The van der Waals surface area contributed by atoms with Gasteiger partial charge in [-0.05, 0) is 81.8 Å². The van der Waals surface area contributed by atoms with E-state index < -0.39 is 0 Å². The van der Waals surface area contributed by atoms with E-state index in [-0.39, 0.29) is 14.1 Å². The Bertz CT molecular complexity index is 1310. The van der Waals surface area contributed by atoms with Crippen LogP contribution in [-0.4, -0.2) is 5.52 Å². The summed E-state index contributed by atoms with van der Waals surface area (Å²) in [6.07, 6.45) is 0. The van der Waals surface area contributed by atoms with Crippen molar-refractivity contribution >= 4 is 19.4 Å². The van der Waals surface area contributed by atoms with Gasteiger partial charge in [-0.15, -0.1) is 0 Å². The van der Waals surface area contributed by atoms with Crippen molar-refractivity contribution in [2.75, 3.05) is 0 Å². The molecule has 1 atom stereocenters. The van der Waals surface area contributed by atoms with E-state index in [1.165, 1.54) is 11.1 Å². The van der Waals surface area contributed by atoms with Crippen LogP contribution < -0.4 is 14.8 Å². The third-order valence-electron chi connectivity index (χ3n) is 6.27. The fourth-order valence-electron chi connectivity index (χ4n) is 4.11. The lowest BCUT2D eigenvalue weighted by molar-refractivity contribution is 0.108. The molecule has 4 aromatic carbocycles. The van der Waals surface area contributed by atoms with Crippen LogP contribution in [-0.2, 0) is 13.2 Å². The van der Waals surface area contributed by atoms with Gasteiger partial charge in [0, 0.05) is 16.9 Å². The van der Waals surface area contributed by atoms with Gasteiger partial charge in [-0.1, -0.05) is 66.7 Å². The molecule has 0 amide bonds. The number of rotatable bonds is 9. The van der Waals surface area contributed by atoms with E-state index >= 15 is 0 Å². The van der Waals surface area contributed by atoms with Gasteiger partial charge in [-0.3, -0.25) is 4.79 Å². The molecule has 0 aromatic heterocycles. The largest absolute Gasteiger partial charge is 0.489 e. The number of hydrogen-bond acceptors (Lipinski definition) is 3. The Morgan fingerprint density at radius 1 is 0.686 bits per heavy atom. The summed E-state index contributed by atoms with van der Waals surface area (Å²) in [5.74, 6) is 1.40. The van der Waals surface area contributed by atoms with Crippen LogP contribution in [0.4, 0.5) is 0 Å². The molecule has 0 saturated carbocycles. The molecule has 3 nitrogen and oxygen atoms in total. The molecule has 4 heteroatoms. The van der Waals surface area contributed by atoms with E-state index in [4.69, 9.17) is 9.47 Å². The highest BCUT2D eigenvalue weighted by Crippen LogP contribution is 2.32. The van der Waals surface area contributed by atoms with E-state index in [2.05, 4.69) is 19.9 Å². The summed E-state index contributed by atoms with van der Waals surface area (Å²) in [5.41, 5.74) is 7.61. The average molecular weight is 483 g/mol. The molecule has 0 saturated heterocycles. The van der Waals surface area contributed by atoms with Crippen molar-refractivity contribution < 1.29 is 14.3 Å². The third-order valence-corrected chi connectivity index (χ3v) is 7.43. The molecule has 4 rings (SSSR count). The van der Waals surface area contributed by atoms with Gasteiger partial charge in [0.05, 0.1) is 0 Å². The first-order valence-corrected chi connectivity index (χ1v) is 12.8. The van der Waals surface area contributed by atoms with E-state index in [9.17, 15) is 4.79 Å². The minimum Gasteiger partial charge on any atom is -0.489 e. The second kappa shape index (κ2) is 11.3. The molecule has 0 aliphatic carbocycles. The monoisotopic (exact) mass is 482 g/mol. The molecule has 4 aromatic rings. The highest BCUT2D eigenvalue weighted by atomic mass is 31.1. The van der Waals surface area contributed by atoms with Crippen molar-refractivity contribution in [1.29, 1.82) is 0 Å². The molecular weight excluding hydrogens is 451 g/mol. The molecule has 0 N–H and O–H groups in total. The number of benzene rings is 4. The van der Waals surface area contributed by atoms with Crippen molar-refractivity contribution in [2.24, 2.45) is 0 Å². The molecule has 178 valence electrons. The van der Waals surface area contributed by atoms with Gasteiger partial charge in [0.2, 0.25) is 0 Å². The smallest absolute Gasteiger partial charge is 0.186 e. The van der Waals surface area contributed by atoms with Crippen molar-refractivity contribution in [3.8, 4) is 11.5 Å². The summed E-state index contributed by atoms with van der Waals surface area (Å²) < 4.78 is 12.3. The summed E-state index contributed by atoms with van der Waals surface area (Å²) in [6, 6.07) is 28.0. The van der Waals surface area contributed by atoms with Gasteiger partial charge < -0.3 is 9.47 Å². The fraction of sp³-hybridized carbons (Fsp3) is 0.194. The number of carbonyl (C=O) groups is 1. The fourth-order valence-corrected chi connectivity index (χ4v) is 5.30. The zero-order valence-corrected chi connectivity index (χ0v) is 21.7. The molecule has 0 spiro atoms. The summed E-state index contributed by atoms with van der Waals surface area (Å²) in [5, 5.41) is 0.884. The van der Waals surface area contributed by atoms with Crippen molar-refractivity contribution in [3.63, 3.8) is 0 Å².